The van der Waals surface area contributed by atoms with E-state index in [0.717, 1.165) is 28.6 Å². The number of pyridine rings is 1. The number of amides is 1. The first-order valence-corrected chi connectivity index (χ1v) is 9.24. The zero-order valence-electron chi connectivity index (χ0n) is 14.0. The molecule has 0 fully saturated rings. The maximum absolute atomic E-state index is 13.3. The van der Waals surface area contributed by atoms with Crippen LogP contribution >= 0.6 is 15.9 Å². The number of nitrogens with one attached hydrogen (secondary N) is 1. The molecule has 3 aromatic rings. The van der Waals surface area contributed by atoms with Crippen LogP contribution in [0.1, 0.15) is 17.5 Å². The lowest BCUT2D eigenvalue weighted by Gasteiger charge is -2.26. The molecular weight excluding hydrogens is 397 g/mol. The molecule has 1 aromatic carbocycles. The van der Waals surface area contributed by atoms with Gasteiger partial charge in [-0.2, -0.15) is 0 Å². The molecule has 4 nitrogen and oxygen atoms in total. The lowest BCUT2D eigenvalue weighted by atomic mass is 9.99. The Balaban J connectivity index is 1.46. The number of carbonyl (C=O) groups excluding carboxylic acids is 1. The van der Waals surface area contributed by atoms with E-state index in [-0.39, 0.29) is 18.1 Å². The molecule has 4 rings (SSSR count). The Morgan fingerprint density at radius 2 is 2.23 bits per heavy atom. The summed E-state index contributed by atoms with van der Waals surface area (Å²) in [7, 11) is 0. The Labute approximate surface area is 158 Å². The zero-order valence-corrected chi connectivity index (χ0v) is 15.6. The van der Waals surface area contributed by atoms with Gasteiger partial charge >= 0.3 is 0 Å². The summed E-state index contributed by atoms with van der Waals surface area (Å²) < 4.78 is 13.7. The molecule has 26 heavy (non-hydrogen) atoms. The molecule has 6 heteroatoms. The lowest BCUT2D eigenvalue weighted by Crippen LogP contribution is -2.35. The predicted octanol–water partition coefficient (Wildman–Crippen LogP) is 4.32. The Morgan fingerprint density at radius 1 is 1.35 bits per heavy atom. The summed E-state index contributed by atoms with van der Waals surface area (Å²) >= 11 is 3.16. The Morgan fingerprint density at radius 3 is 3.00 bits per heavy atom. The zero-order chi connectivity index (χ0) is 18.1. The average molecular weight is 414 g/mol. The quantitative estimate of drug-likeness (QED) is 0.694. The summed E-state index contributed by atoms with van der Waals surface area (Å²) in [5.74, 6) is -0.264. The summed E-state index contributed by atoms with van der Waals surface area (Å²) in [5, 5.41) is 1.11. The number of H-pyrrole nitrogens is 1. The molecule has 1 N–H and O–H groups in total. The molecule has 1 amide bonds. The molecule has 0 spiro atoms. The highest BCUT2D eigenvalue weighted by Crippen LogP contribution is 2.28. The minimum atomic E-state index is -0.319. The number of hydrogen-bond donors (Lipinski definition) is 1. The van der Waals surface area contributed by atoms with Gasteiger partial charge in [0.1, 0.15) is 11.5 Å². The SMILES string of the molecule is O=C(Cc1ccc(F)c(Br)c1)N1CC=C(c2c[nH]c3ncccc23)CC1. The molecule has 0 unspecified atom stereocenters. The van der Waals surface area contributed by atoms with Crippen molar-refractivity contribution in [3.8, 4) is 0 Å². The number of aromatic amines is 1. The molecule has 1 aliphatic rings. The molecule has 0 atom stereocenters. The van der Waals surface area contributed by atoms with Crippen molar-refractivity contribution in [2.75, 3.05) is 13.1 Å². The molecule has 0 aliphatic carbocycles. The van der Waals surface area contributed by atoms with Gasteiger partial charge in [0.25, 0.3) is 0 Å². The number of rotatable bonds is 3. The van der Waals surface area contributed by atoms with Crippen LogP contribution in [0.15, 0.2) is 53.3 Å². The van der Waals surface area contributed by atoms with Gasteiger partial charge in [-0.15, -0.1) is 0 Å². The summed E-state index contributed by atoms with van der Waals surface area (Å²) in [6, 6.07) is 8.68. The van der Waals surface area contributed by atoms with E-state index in [9.17, 15) is 9.18 Å². The standard InChI is InChI=1S/C20H17BrFN3O/c21-17-10-13(3-4-18(17)22)11-19(26)25-8-5-14(6-9-25)16-12-24-20-15(16)2-1-7-23-20/h1-5,7,10,12H,6,8-9,11H2,(H,23,24). The number of carbonyl (C=O) groups is 1. The van der Waals surface area contributed by atoms with Crippen molar-refractivity contribution in [3.05, 3.63) is 70.2 Å². The minimum Gasteiger partial charge on any atom is -0.346 e. The summed E-state index contributed by atoms with van der Waals surface area (Å²) in [6.07, 6.45) is 6.94. The van der Waals surface area contributed by atoms with Gasteiger partial charge in [-0.1, -0.05) is 12.1 Å². The lowest BCUT2D eigenvalue weighted by molar-refractivity contribution is -0.130. The molecule has 0 saturated heterocycles. The Hall–Kier alpha value is -2.47. The van der Waals surface area contributed by atoms with E-state index >= 15 is 0 Å². The van der Waals surface area contributed by atoms with Crippen LogP contribution in [-0.4, -0.2) is 33.9 Å². The van der Waals surface area contributed by atoms with Gasteiger partial charge in [0, 0.05) is 36.4 Å². The van der Waals surface area contributed by atoms with E-state index in [2.05, 4.69) is 38.0 Å². The maximum atomic E-state index is 13.3. The van der Waals surface area contributed by atoms with Crippen LogP contribution in [0.5, 0.6) is 0 Å². The van der Waals surface area contributed by atoms with Gasteiger partial charge < -0.3 is 9.88 Å². The smallest absolute Gasteiger partial charge is 0.227 e. The normalized spacial score (nSPS) is 14.5. The maximum Gasteiger partial charge on any atom is 0.227 e. The molecule has 0 bridgehead atoms. The third kappa shape index (κ3) is 3.29. The van der Waals surface area contributed by atoms with E-state index in [1.807, 2.05) is 17.2 Å². The van der Waals surface area contributed by atoms with Gasteiger partial charge in [0.2, 0.25) is 5.91 Å². The third-order valence-electron chi connectivity index (χ3n) is 4.70. The van der Waals surface area contributed by atoms with Crippen molar-refractivity contribution in [1.29, 1.82) is 0 Å². The van der Waals surface area contributed by atoms with Crippen molar-refractivity contribution in [3.63, 3.8) is 0 Å². The van der Waals surface area contributed by atoms with Gasteiger partial charge in [0.15, 0.2) is 0 Å². The number of aromatic nitrogens is 2. The van der Waals surface area contributed by atoms with E-state index in [4.69, 9.17) is 0 Å². The van der Waals surface area contributed by atoms with E-state index in [0.29, 0.717) is 17.6 Å². The topological polar surface area (TPSA) is 49.0 Å². The van der Waals surface area contributed by atoms with Crippen molar-refractivity contribution < 1.29 is 9.18 Å². The molecule has 3 heterocycles. The van der Waals surface area contributed by atoms with Crippen molar-refractivity contribution >= 4 is 38.4 Å². The predicted molar refractivity (Wildman–Crippen MR) is 103 cm³/mol. The molecule has 1 aliphatic heterocycles. The van der Waals surface area contributed by atoms with Crippen LogP contribution in [0.2, 0.25) is 0 Å². The Bertz CT molecular complexity index is 1010. The highest BCUT2D eigenvalue weighted by atomic mass is 79.9. The van der Waals surface area contributed by atoms with Gasteiger partial charge in [-0.05, 0) is 57.8 Å². The van der Waals surface area contributed by atoms with Crippen molar-refractivity contribution in [1.82, 2.24) is 14.9 Å². The average Bonchev–Trinajstić information content (AvgIpc) is 3.09. The fourth-order valence-corrected chi connectivity index (χ4v) is 3.72. The highest BCUT2D eigenvalue weighted by molar-refractivity contribution is 9.10. The van der Waals surface area contributed by atoms with Gasteiger partial charge in [0.05, 0.1) is 10.9 Å². The van der Waals surface area contributed by atoms with Gasteiger partial charge in [-0.25, -0.2) is 9.37 Å². The molecule has 2 aromatic heterocycles. The summed E-state index contributed by atoms with van der Waals surface area (Å²) in [6.45, 7) is 1.27. The second-order valence-corrected chi connectivity index (χ2v) is 7.20. The van der Waals surface area contributed by atoms with E-state index < -0.39 is 0 Å². The number of benzene rings is 1. The molecule has 132 valence electrons. The van der Waals surface area contributed by atoms with Crippen LogP contribution in [-0.2, 0) is 11.2 Å². The van der Waals surface area contributed by atoms with Crippen molar-refractivity contribution in [2.24, 2.45) is 0 Å². The first kappa shape index (κ1) is 17.0. The number of halogens is 2. The van der Waals surface area contributed by atoms with Crippen LogP contribution in [0.25, 0.3) is 16.6 Å². The minimum absolute atomic E-state index is 0.0550. The summed E-state index contributed by atoms with van der Waals surface area (Å²) in [4.78, 5) is 21.9. The van der Waals surface area contributed by atoms with Crippen LogP contribution in [0.3, 0.4) is 0 Å². The van der Waals surface area contributed by atoms with Crippen LogP contribution < -0.4 is 0 Å². The third-order valence-corrected chi connectivity index (χ3v) is 5.31. The monoisotopic (exact) mass is 413 g/mol. The molecule has 0 saturated carbocycles. The second-order valence-electron chi connectivity index (χ2n) is 6.35. The van der Waals surface area contributed by atoms with E-state index in [1.165, 1.54) is 11.6 Å². The number of hydrogen-bond acceptors (Lipinski definition) is 2. The summed E-state index contributed by atoms with van der Waals surface area (Å²) in [5.41, 5.74) is 4.07. The molecular formula is C20H17BrFN3O. The Kier molecular flexibility index (Phi) is 4.59. The molecule has 0 radical (unpaired) electrons. The first-order chi connectivity index (χ1) is 12.6. The largest absolute Gasteiger partial charge is 0.346 e. The first-order valence-electron chi connectivity index (χ1n) is 8.45. The van der Waals surface area contributed by atoms with Crippen LogP contribution in [0.4, 0.5) is 4.39 Å². The van der Waals surface area contributed by atoms with Gasteiger partial charge in [-0.3, -0.25) is 4.79 Å². The highest BCUT2D eigenvalue weighted by Gasteiger charge is 2.20. The second kappa shape index (κ2) is 7.03. The number of fused-ring (bicyclic) bond motifs is 1. The fraction of sp³-hybridized carbons (Fsp3) is 0.200. The van der Waals surface area contributed by atoms with Crippen molar-refractivity contribution in [2.45, 2.75) is 12.8 Å². The fourth-order valence-electron chi connectivity index (χ4n) is 3.30. The van der Waals surface area contributed by atoms with Crippen LogP contribution in [0, 0.1) is 5.82 Å². The van der Waals surface area contributed by atoms with E-state index in [1.54, 1.807) is 18.3 Å². The number of nitrogens with zero attached hydrogens (tertiary/aromatic N) is 2.